The van der Waals surface area contributed by atoms with Gasteiger partial charge in [0.2, 0.25) is 5.91 Å². The molecule has 19 heavy (non-hydrogen) atoms. The fourth-order valence-electron chi connectivity index (χ4n) is 2.48. The Labute approximate surface area is 113 Å². The molecule has 1 atom stereocenters. The number of aryl methyl sites for hydroxylation is 2. The maximum atomic E-state index is 12.0. The highest BCUT2D eigenvalue weighted by Gasteiger charge is 2.30. The van der Waals surface area contributed by atoms with E-state index < -0.39 is 5.97 Å². The first-order chi connectivity index (χ1) is 9.08. The van der Waals surface area contributed by atoms with Crippen LogP contribution in [0, 0.1) is 12.8 Å². The summed E-state index contributed by atoms with van der Waals surface area (Å²) in [5, 5.41) is 8.92. The van der Waals surface area contributed by atoms with Gasteiger partial charge in [-0.25, -0.2) is 0 Å². The lowest BCUT2D eigenvalue weighted by Gasteiger charge is -2.16. The average Bonchev–Trinajstić information content (AvgIpc) is 2.87. The number of carboxylic acid groups (broad SMARTS) is 1. The molecule has 1 aromatic carbocycles. The molecule has 1 fully saturated rings. The second-order valence-corrected chi connectivity index (χ2v) is 5.09. The second-order valence-electron chi connectivity index (χ2n) is 5.09. The molecule has 4 nitrogen and oxygen atoms in total. The van der Waals surface area contributed by atoms with Crippen molar-refractivity contribution >= 4 is 11.9 Å². The molecule has 1 heterocycles. The van der Waals surface area contributed by atoms with Gasteiger partial charge in [0.05, 0.1) is 5.92 Å². The van der Waals surface area contributed by atoms with Crippen LogP contribution in [0.15, 0.2) is 24.3 Å². The quantitative estimate of drug-likeness (QED) is 0.900. The summed E-state index contributed by atoms with van der Waals surface area (Å²) in [5.41, 5.74) is 2.38. The van der Waals surface area contributed by atoms with E-state index in [0.29, 0.717) is 25.9 Å². The van der Waals surface area contributed by atoms with Crippen molar-refractivity contribution in [1.82, 2.24) is 4.90 Å². The number of carboxylic acids is 1. The summed E-state index contributed by atoms with van der Waals surface area (Å²) >= 11 is 0. The van der Waals surface area contributed by atoms with Crippen LogP contribution in [0.2, 0.25) is 0 Å². The Balaban J connectivity index is 1.86. The molecule has 0 aromatic heterocycles. The van der Waals surface area contributed by atoms with Crippen LogP contribution < -0.4 is 0 Å². The van der Waals surface area contributed by atoms with E-state index in [-0.39, 0.29) is 11.8 Å². The standard InChI is InChI=1S/C15H19NO3/c1-11-4-2-3-5-12(11)6-7-14(17)16-9-8-13(10-16)15(18)19/h2-5,13H,6-10H2,1H3,(H,18,19). The molecule has 1 unspecified atom stereocenters. The Morgan fingerprint density at radius 3 is 2.74 bits per heavy atom. The lowest BCUT2D eigenvalue weighted by molar-refractivity contribution is -0.141. The lowest BCUT2D eigenvalue weighted by atomic mass is 10.0. The number of carbonyl (C=O) groups excluding carboxylic acids is 1. The monoisotopic (exact) mass is 261 g/mol. The highest BCUT2D eigenvalue weighted by atomic mass is 16.4. The van der Waals surface area contributed by atoms with Crippen molar-refractivity contribution in [3.05, 3.63) is 35.4 Å². The van der Waals surface area contributed by atoms with Crippen LogP contribution in [0.4, 0.5) is 0 Å². The third-order valence-electron chi connectivity index (χ3n) is 3.76. The van der Waals surface area contributed by atoms with Gasteiger partial charge in [-0.05, 0) is 30.9 Å². The molecular weight excluding hydrogens is 242 g/mol. The van der Waals surface area contributed by atoms with Crippen molar-refractivity contribution in [2.45, 2.75) is 26.2 Å². The van der Waals surface area contributed by atoms with Crippen LogP contribution in [0.3, 0.4) is 0 Å². The van der Waals surface area contributed by atoms with Gasteiger partial charge in [-0.2, -0.15) is 0 Å². The van der Waals surface area contributed by atoms with Gasteiger partial charge in [0.15, 0.2) is 0 Å². The minimum atomic E-state index is -0.797. The normalized spacial score (nSPS) is 18.6. The molecule has 0 saturated carbocycles. The minimum Gasteiger partial charge on any atom is -0.481 e. The highest BCUT2D eigenvalue weighted by molar-refractivity contribution is 5.79. The predicted octanol–water partition coefficient (Wildman–Crippen LogP) is 1.86. The number of nitrogens with zero attached hydrogens (tertiary/aromatic N) is 1. The molecule has 1 aliphatic heterocycles. The van der Waals surface area contributed by atoms with Crippen molar-refractivity contribution in [2.24, 2.45) is 5.92 Å². The van der Waals surface area contributed by atoms with Crippen LogP contribution in [-0.4, -0.2) is 35.0 Å². The molecule has 1 amide bonds. The molecule has 1 aliphatic rings. The molecule has 0 aliphatic carbocycles. The van der Waals surface area contributed by atoms with Gasteiger partial charge >= 0.3 is 5.97 Å². The summed E-state index contributed by atoms with van der Waals surface area (Å²) in [5.74, 6) is -1.12. The van der Waals surface area contributed by atoms with Crippen molar-refractivity contribution in [1.29, 1.82) is 0 Å². The zero-order chi connectivity index (χ0) is 13.8. The number of aliphatic carboxylic acids is 1. The number of hydrogen-bond acceptors (Lipinski definition) is 2. The van der Waals surface area contributed by atoms with Crippen LogP contribution >= 0.6 is 0 Å². The first-order valence-corrected chi connectivity index (χ1v) is 6.63. The Bertz CT molecular complexity index is 484. The van der Waals surface area contributed by atoms with Crippen molar-refractivity contribution in [2.75, 3.05) is 13.1 Å². The Hall–Kier alpha value is -1.84. The first kappa shape index (κ1) is 13.6. The van der Waals surface area contributed by atoms with E-state index in [4.69, 9.17) is 5.11 Å². The summed E-state index contributed by atoms with van der Waals surface area (Å²) in [7, 11) is 0. The summed E-state index contributed by atoms with van der Waals surface area (Å²) < 4.78 is 0. The van der Waals surface area contributed by atoms with E-state index in [1.807, 2.05) is 31.2 Å². The van der Waals surface area contributed by atoms with Crippen molar-refractivity contribution in [3.8, 4) is 0 Å². The number of benzene rings is 1. The lowest BCUT2D eigenvalue weighted by Crippen LogP contribution is -2.30. The Kier molecular flexibility index (Phi) is 4.20. The van der Waals surface area contributed by atoms with Crippen LogP contribution in [-0.2, 0) is 16.0 Å². The van der Waals surface area contributed by atoms with Crippen LogP contribution in [0.25, 0.3) is 0 Å². The van der Waals surface area contributed by atoms with E-state index in [1.165, 1.54) is 11.1 Å². The number of carbonyl (C=O) groups is 2. The largest absolute Gasteiger partial charge is 0.481 e. The Morgan fingerprint density at radius 2 is 2.11 bits per heavy atom. The van der Waals surface area contributed by atoms with Crippen LogP contribution in [0.1, 0.15) is 24.0 Å². The summed E-state index contributed by atoms with van der Waals surface area (Å²) in [6.07, 6.45) is 1.75. The maximum Gasteiger partial charge on any atom is 0.308 e. The first-order valence-electron chi connectivity index (χ1n) is 6.63. The number of hydrogen-bond donors (Lipinski definition) is 1. The molecule has 1 aromatic rings. The molecule has 0 bridgehead atoms. The number of rotatable bonds is 4. The molecule has 0 radical (unpaired) electrons. The predicted molar refractivity (Wildman–Crippen MR) is 71.8 cm³/mol. The minimum absolute atomic E-state index is 0.0620. The van der Waals surface area contributed by atoms with Gasteiger partial charge in [-0.1, -0.05) is 24.3 Å². The number of likely N-dealkylation sites (tertiary alicyclic amines) is 1. The summed E-state index contributed by atoms with van der Waals surface area (Å²) in [6.45, 7) is 2.97. The third-order valence-corrected chi connectivity index (χ3v) is 3.76. The maximum absolute atomic E-state index is 12.0. The SMILES string of the molecule is Cc1ccccc1CCC(=O)N1CCC(C(=O)O)C1. The summed E-state index contributed by atoms with van der Waals surface area (Å²) in [4.78, 5) is 24.6. The van der Waals surface area contributed by atoms with Gasteiger partial charge in [0.1, 0.15) is 0 Å². The van der Waals surface area contributed by atoms with Gasteiger partial charge in [-0.15, -0.1) is 0 Å². The van der Waals surface area contributed by atoms with Gasteiger partial charge in [0.25, 0.3) is 0 Å². The van der Waals surface area contributed by atoms with Gasteiger partial charge < -0.3 is 10.0 Å². The Morgan fingerprint density at radius 1 is 1.37 bits per heavy atom. The molecule has 1 N–H and O–H groups in total. The highest BCUT2D eigenvalue weighted by Crippen LogP contribution is 2.18. The fraction of sp³-hybridized carbons (Fsp3) is 0.467. The van der Waals surface area contributed by atoms with Crippen molar-refractivity contribution < 1.29 is 14.7 Å². The third kappa shape index (κ3) is 3.34. The molecule has 4 heteroatoms. The van der Waals surface area contributed by atoms with Crippen molar-refractivity contribution in [3.63, 3.8) is 0 Å². The van der Waals surface area contributed by atoms with Gasteiger partial charge in [0, 0.05) is 19.5 Å². The molecule has 2 rings (SSSR count). The zero-order valence-corrected chi connectivity index (χ0v) is 11.1. The second kappa shape index (κ2) is 5.87. The van der Waals surface area contributed by atoms with E-state index in [2.05, 4.69) is 0 Å². The van der Waals surface area contributed by atoms with E-state index in [9.17, 15) is 9.59 Å². The average molecular weight is 261 g/mol. The molecule has 1 saturated heterocycles. The smallest absolute Gasteiger partial charge is 0.308 e. The zero-order valence-electron chi connectivity index (χ0n) is 11.1. The topological polar surface area (TPSA) is 57.6 Å². The molecule has 102 valence electrons. The molecular formula is C15H19NO3. The fourth-order valence-corrected chi connectivity index (χ4v) is 2.48. The van der Waals surface area contributed by atoms with Crippen LogP contribution in [0.5, 0.6) is 0 Å². The van der Waals surface area contributed by atoms with E-state index in [1.54, 1.807) is 4.90 Å². The number of amides is 1. The van der Waals surface area contributed by atoms with Gasteiger partial charge in [-0.3, -0.25) is 9.59 Å². The van der Waals surface area contributed by atoms with E-state index >= 15 is 0 Å². The molecule has 0 spiro atoms. The van der Waals surface area contributed by atoms with E-state index in [0.717, 1.165) is 6.42 Å². The summed E-state index contributed by atoms with van der Waals surface area (Å²) in [6, 6.07) is 8.03.